The van der Waals surface area contributed by atoms with E-state index in [0.717, 1.165) is 0 Å². The van der Waals surface area contributed by atoms with Crippen LogP contribution in [0.3, 0.4) is 0 Å². The second-order valence-corrected chi connectivity index (χ2v) is 5.70. The maximum atomic E-state index is 12.1. The van der Waals surface area contributed by atoms with E-state index in [1.165, 1.54) is 22.3 Å². The molecule has 21 heavy (non-hydrogen) atoms. The first-order valence-electron chi connectivity index (χ1n) is 7.40. The number of fused-ring (bicyclic) bond motifs is 2. The molecule has 2 aliphatic rings. The zero-order chi connectivity index (χ0) is 14.2. The van der Waals surface area contributed by atoms with Crippen LogP contribution < -0.4 is 0 Å². The molecule has 0 saturated heterocycles. The van der Waals surface area contributed by atoms with E-state index in [1.807, 2.05) is 12.1 Å². The highest BCUT2D eigenvalue weighted by Gasteiger charge is 2.41. The van der Waals surface area contributed by atoms with Crippen molar-refractivity contribution in [2.24, 2.45) is 11.8 Å². The summed E-state index contributed by atoms with van der Waals surface area (Å²) in [6, 6.07) is 20.9. The van der Waals surface area contributed by atoms with Gasteiger partial charge in [-0.15, -0.1) is 0 Å². The molecule has 2 atom stereocenters. The molecule has 2 aliphatic carbocycles. The van der Waals surface area contributed by atoms with E-state index in [0.29, 0.717) is 12.2 Å². The lowest BCUT2D eigenvalue weighted by molar-refractivity contribution is -0.119. The molecule has 2 aromatic rings. The monoisotopic (exact) mass is 272 g/mol. The van der Waals surface area contributed by atoms with Gasteiger partial charge in [-0.2, -0.15) is 0 Å². The van der Waals surface area contributed by atoms with Crippen molar-refractivity contribution in [3.8, 4) is 0 Å². The Balaban J connectivity index is 1.96. The average molecular weight is 272 g/mol. The van der Waals surface area contributed by atoms with Crippen LogP contribution in [0.2, 0.25) is 0 Å². The fraction of sp³-hybridized carbons (Fsp3) is 0.150. The molecule has 1 saturated carbocycles. The Morgan fingerprint density at radius 1 is 0.810 bits per heavy atom. The molecule has 102 valence electrons. The summed E-state index contributed by atoms with van der Waals surface area (Å²) in [4.78, 5) is 12.1. The minimum atomic E-state index is -0.00888. The smallest absolute Gasteiger partial charge is 0.144 e. The number of rotatable bonds is 2. The molecule has 4 rings (SSSR count). The van der Waals surface area contributed by atoms with Gasteiger partial charge in [-0.05, 0) is 22.3 Å². The van der Waals surface area contributed by atoms with Gasteiger partial charge in [0.15, 0.2) is 0 Å². The third-order valence-electron chi connectivity index (χ3n) is 4.45. The van der Waals surface area contributed by atoms with E-state index in [4.69, 9.17) is 0 Å². The molecule has 0 N–H and O–H groups in total. The third kappa shape index (κ3) is 1.97. The highest BCUT2D eigenvalue weighted by molar-refractivity contribution is 5.97. The zero-order valence-corrected chi connectivity index (χ0v) is 11.7. The number of hydrogen-bond acceptors (Lipinski definition) is 1. The van der Waals surface area contributed by atoms with Gasteiger partial charge in [0.1, 0.15) is 5.78 Å². The SMILES string of the molecule is O=C1C[C@@H]2C=C[C@H]1C2=C(c1ccccc1)c1ccccc1. The average Bonchev–Trinajstić information content (AvgIpc) is 3.06. The number of ketones is 1. The van der Waals surface area contributed by atoms with Crippen LogP contribution in [0, 0.1) is 11.8 Å². The van der Waals surface area contributed by atoms with Crippen LogP contribution in [0.5, 0.6) is 0 Å². The van der Waals surface area contributed by atoms with Gasteiger partial charge in [0.25, 0.3) is 0 Å². The summed E-state index contributed by atoms with van der Waals surface area (Å²) < 4.78 is 0. The van der Waals surface area contributed by atoms with Crippen molar-refractivity contribution in [3.63, 3.8) is 0 Å². The molecule has 2 bridgehead atoms. The van der Waals surface area contributed by atoms with Crippen LogP contribution in [-0.4, -0.2) is 5.78 Å². The van der Waals surface area contributed by atoms with Crippen LogP contribution in [-0.2, 0) is 4.79 Å². The number of hydrogen-bond donors (Lipinski definition) is 0. The minimum Gasteiger partial charge on any atom is -0.299 e. The van der Waals surface area contributed by atoms with E-state index < -0.39 is 0 Å². The van der Waals surface area contributed by atoms with E-state index in [-0.39, 0.29) is 11.8 Å². The number of carbonyl (C=O) groups is 1. The maximum absolute atomic E-state index is 12.1. The van der Waals surface area contributed by atoms with Crippen LogP contribution in [0.25, 0.3) is 5.57 Å². The van der Waals surface area contributed by atoms with Gasteiger partial charge < -0.3 is 0 Å². The Morgan fingerprint density at radius 2 is 1.38 bits per heavy atom. The van der Waals surface area contributed by atoms with Crippen molar-refractivity contribution < 1.29 is 4.79 Å². The van der Waals surface area contributed by atoms with Gasteiger partial charge in [-0.1, -0.05) is 72.8 Å². The van der Waals surface area contributed by atoms with Gasteiger partial charge in [0, 0.05) is 12.3 Å². The Kier molecular flexibility index (Phi) is 2.85. The molecule has 1 heteroatoms. The van der Waals surface area contributed by atoms with Gasteiger partial charge in [0.2, 0.25) is 0 Å². The van der Waals surface area contributed by atoms with Crippen LogP contribution in [0.15, 0.2) is 78.4 Å². The van der Waals surface area contributed by atoms with Gasteiger partial charge >= 0.3 is 0 Å². The Hall–Kier alpha value is -2.41. The van der Waals surface area contributed by atoms with Crippen molar-refractivity contribution in [3.05, 3.63) is 89.5 Å². The summed E-state index contributed by atoms with van der Waals surface area (Å²) in [5.74, 6) is 0.644. The Bertz CT molecular complexity index is 696. The number of benzene rings is 2. The fourth-order valence-corrected chi connectivity index (χ4v) is 3.54. The lowest BCUT2D eigenvalue weighted by Gasteiger charge is -2.15. The van der Waals surface area contributed by atoms with E-state index >= 15 is 0 Å². The van der Waals surface area contributed by atoms with Crippen LogP contribution in [0.4, 0.5) is 0 Å². The standard InChI is InChI=1S/C20H16O/c21-18-13-16-11-12-17(18)20(16)19(14-7-3-1-4-8-14)15-9-5-2-6-10-15/h1-12,16-17H,13H2/t16-,17+/m0/s1. The van der Waals surface area contributed by atoms with Gasteiger partial charge in [-0.25, -0.2) is 0 Å². The summed E-state index contributed by atoms with van der Waals surface area (Å²) in [7, 11) is 0. The molecular weight excluding hydrogens is 256 g/mol. The molecule has 0 radical (unpaired) electrons. The predicted octanol–water partition coefficient (Wildman–Crippen LogP) is 4.26. The van der Waals surface area contributed by atoms with Gasteiger partial charge in [-0.3, -0.25) is 4.79 Å². The lowest BCUT2D eigenvalue weighted by atomic mass is 9.88. The molecule has 1 fully saturated rings. The van der Waals surface area contributed by atoms with Crippen molar-refractivity contribution in [2.75, 3.05) is 0 Å². The first-order chi connectivity index (χ1) is 10.3. The second-order valence-electron chi connectivity index (χ2n) is 5.70. The molecule has 0 amide bonds. The quantitative estimate of drug-likeness (QED) is 0.746. The molecule has 0 heterocycles. The van der Waals surface area contributed by atoms with E-state index in [9.17, 15) is 4.79 Å². The third-order valence-corrected chi connectivity index (χ3v) is 4.45. The molecule has 0 spiro atoms. The fourth-order valence-electron chi connectivity index (χ4n) is 3.54. The van der Waals surface area contributed by atoms with Crippen molar-refractivity contribution in [1.82, 2.24) is 0 Å². The minimum absolute atomic E-state index is 0.00888. The normalized spacial score (nSPS) is 22.9. The highest BCUT2D eigenvalue weighted by atomic mass is 16.1. The predicted molar refractivity (Wildman–Crippen MR) is 84.7 cm³/mol. The zero-order valence-electron chi connectivity index (χ0n) is 11.7. The van der Waals surface area contributed by atoms with E-state index in [1.54, 1.807) is 0 Å². The number of carbonyl (C=O) groups excluding carboxylic acids is 1. The van der Waals surface area contributed by atoms with Crippen LogP contribution >= 0.6 is 0 Å². The summed E-state index contributed by atoms with van der Waals surface area (Å²) in [5, 5.41) is 0. The molecule has 0 aromatic heterocycles. The van der Waals surface area contributed by atoms with E-state index in [2.05, 4.69) is 60.7 Å². The lowest BCUT2D eigenvalue weighted by Crippen LogP contribution is -2.05. The molecule has 2 aromatic carbocycles. The first-order valence-corrected chi connectivity index (χ1v) is 7.40. The molecule has 1 nitrogen and oxygen atoms in total. The van der Waals surface area contributed by atoms with Crippen LogP contribution in [0.1, 0.15) is 17.5 Å². The number of allylic oxidation sites excluding steroid dienone is 3. The van der Waals surface area contributed by atoms with Crippen molar-refractivity contribution in [2.45, 2.75) is 6.42 Å². The Morgan fingerprint density at radius 3 is 1.81 bits per heavy atom. The van der Waals surface area contributed by atoms with Gasteiger partial charge in [0.05, 0.1) is 5.92 Å². The summed E-state index contributed by atoms with van der Waals surface area (Å²) in [6.07, 6.45) is 4.95. The van der Waals surface area contributed by atoms with Crippen molar-refractivity contribution >= 4 is 11.4 Å². The summed E-state index contributed by atoms with van der Waals surface area (Å²) in [6.45, 7) is 0. The largest absolute Gasteiger partial charge is 0.299 e. The maximum Gasteiger partial charge on any atom is 0.144 e. The number of Topliss-reactive ketones (excluding diaryl/α,β-unsaturated/α-hetero) is 1. The first kappa shape index (κ1) is 12.3. The molecular formula is C20H16O. The summed E-state index contributed by atoms with van der Waals surface area (Å²) in [5.41, 5.74) is 4.93. The molecule has 0 aliphatic heterocycles. The second kappa shape index (κ2) is 4.85. The Labute approximate surface area is 124 Å². The topological polar surface area (TPSA) is 17.1 Å². The van der Waals surface area contributed by atoms with Crippen molar-refractivity contribution in [1.29, 1.82) is 0 Å². The molecule has 0 unspecified atom stereocenters. The summed E-state index contributed by atoms with van der Waals surface area (Å²) >= 11 is 0. The highest BCUT2D eigenvalue weighted by Crippen LogP contribution is 2.47.